The second-order valence-electron chi connectivity index (χ2n) is 3.26. The molecule has 2 aromatic rings. The standard InChI is InChI=1S/C11H10BrNO2/c1-2-13-9(11(14)15)6-7-4-3-5-8(12)10(7)13/h3-6H,2H2,1H3,(H,14,15). The lowest BCUT2D eigenvalue weighted by molar-refractivity contribution is 0.0686. The fraction of sp³-hybridized carbons (Fsp3) is 0.182. The number of aromatic nitrogens is 1. The van der Waals surface area contributed by atoms with Gasteiger partial charge in [0.15, 0.2) is 0 Å². The van der Waals surface area contributed by atoms with Crippen LogP contribution in [-0.2, 0) is 6.54 Å². The number of aromatic carboxylic acids is 1. The van der Waals surface area contributed by atoms with Gasteiger partial charge in [0.25, 0.3) is 0 Å². The van der Waals surface area contributed by atoms with E-state index in [9.17, 15) is 4.79 Å². The highest BCUT2D eigenvalue weighted by molar-refractivity contribution is 9.10. The van der Waals surface area contributed by atoms with E-state index in [-0.39, 0.29) is 0 Å². The number of rotatable bonds is 2. The van der Waals surface area contributed by atoms with E-state index in [0.717, 1.165) is 15.4 Å². The van der Waals surface area contributed by atoms with Gasteiger partial charge >= 0.3 is 5.97 Å². The van der Waals surface area contributed by atoms with E-state index in [4.69, 9.17) is 5.11 Å². The third-order valence-electron chi connectivity index (χ3n) is 2.41. The number of benzene rings is 1. The molecule has 0 atom stereocenters. The zero-order chi connectivity index (χ0) is 11.0. The van der Waals surface area contributed by atoms with Gasteiger partial charge in [-0.15, -0.1) is 0 Å². The van der Waals surface area contributed by atoms with Crippen molar-refractivity contribution in [2.75, 3.05) is 0 Å². The van der Waals surface area contributed by atoms with Crippen molar-refractivity contribution in [2.45, 2.75) is 13.5 Å². The van der Waals surface area contributed by atoms with Gasteiger partial charge in [0.05, 0.1) is 5.52 Å². The van der Waals surface area contributed by atoms with E-state index < -0.39 is 5.97 Å². The van der Waals surface area contributed by atoms with Crippen LogP contribution in [0.25, 0.3) is 10.9 Å². The number of hydrogen-bond acceptors (Lipinski definition) is 1. The van der Waals surface area contributed by atoms with Gasteiger partial charge in [0.1, 0.15) is 5.69 Å². The molecule has 0 unspecified atom stereocenters. The van der Waals surface area contributed by atoms with Gasteiger partial charge in [0, 0.05) is 16.4 Å². The van der Waals surface area contributed by atoms with Gasteiger partial charge in [-0.3, -0.25) is 0 Å². The van der Waals surface area contributed by atoms with Crippen molar-refractivity contribution in [3.05, 3.63) is 34.4 Å². The summed E-state index contributed by atoms with van der Waals surface area (Å²) in [5.74, 6) is -0.889. The third kappa shape index (κ3) is 1.55. The predicted molar refractivity (Wildman–Crippen MR) is 62.3 cm³/mol. The Hall–Kier alpha value is -1.29. The first-order valence-corrected chi connectivity index (χ1v) is 5.45. The number of carbonyl (C=O) groups is 1. The molecular weight excluding hydrogens is 258 g/mol. The average Bonchev–Trinajstić information content (AvgIpc) is 2.57. The fourth-order valence-electron chi connectivity index (χ4n) is 1.78. The van der Waals surface area contributed by atoms with Crippen molar-refractivity contribution in [3.63, 3.8) is 0 Å². The third-order valence-corrected chi connectivity index (χ3v) is 3.05. The molecule has 15 heavy (non-hydrogen) atoms. The van der Waals surface area contributed by atoms with Gasteiger partial charge in [-0.2, -0.15) is 0 Å². The molecule has 1 aromatic carbocycles. The molecular formula is C11H10BrNO2. The number of para-hydroxylation sites is 1. The molecule has 0 aliphatic heterocycles. The van der Waals surface area contributed by atoms with Crippen molar-refractivity contribution in [1.29, 1.82) is 0 Å². The summed E-state index contributed by atoms with van der Waals surface area (Å²) < 4.78 is 2.72. The molecule has 2 rings (SSSR count). The zero-order valence-electron chi connectivity index (χ0n) is 8.20. The minimum atomic E-state index is -0.889. The minimum Gasteiger partial charge on any atom is -0.477 e. The summed E-state index contributed by atoms with van der Waals surface area (Å²) in [5.41, 5.74) is 1.27. The normalized spacial score (nSPS) is 10.8. The Morgan fingerprint density at radius 2 is 2.27 bits per heavy atom. The quantitative estimate of drug-likeness (QED) is 0.909. The molecule has 0 aliphatic rings. The van der Waals surface area contributed by atoms with E-state index in [1.807, 2.05) is 25.1 Å². The monoisotopic (exact) mass is 267 g/mol. The predicted octanol–water partition coefficient (Wildman–Crippen LogP) is 3.12. The first kappa shape index (κ1) is 10.2. The average molecular weight is 268 g/mol. The number of carboxylic acids is 1. The van der Waals surface area contributed by atoms with Crippen molar-refractivity contribution < 1.29 is 9.90 Å². The molecule has 0 fully saturated rings. The number of nitrogens with zero attached hydrogens (tertiary/aromatic N) is 1. The number of fused-ring (bicyclic) bond motifs is 1. The van der Waals surface area contributed by atoms with Crippen LogP contribution in [0.15, 0.2) is 28.7 Å². The summed E-state index contributed by atoms with van der Waals surface area (Å²) in [6, 6.07) is 7.43. The molecule has 4 heteroatoms. The Labute approximate surface area is 95.5 Å². The van der Waals surface area contributed by atoms with Crippen LogP contribution in [-0.4, -0.2) is 15.6 Å². The molecule has 0 radical (unpaired) electrons. The zero-order valence-corrected chi connectivity index (χ0v) is 9.78. The molecule has 0 bridgehead atoms. The number of halogens is 1. The van der Waals surface area contributed by atoms with E-state index in [1.54, 1.807) is 10.6 Å². The molecule has 1 aromatic heterocycles. The Kier molecular flexibility index (Phi) is 2.52. The second kappa shape index (κ2) is 3.70. The molecule has 3 nitrogen and oxygen atoms in total. The topological polar surface area (TPSA) is 42.2 Å². The molecule has 0 amide bonds. The highest BCUT2D eigenvalue weighted by Gasteiger charge is 2.14. The second-order valence-corrected chi connectivity index (χ2v) is 4.11. The summed E-state index contributed by atoms with van der Waals surface area (Å²) in [5, 5.41) is 10.0. The van der Waals surface area contributed by atoms with Gasteiger partial charge in [-0.25, -0.2) is 4.79 Å². The lowest BCUT2D eigenvalue weighted by Crippen LogP contribution is -2.06. The molecule has 0 saturated heterocycles. The van der Waals surface area contributed by atoms with Crippen LogP contribution in [0.5, 0.6) is 0 Å². The largest absolute Gasteiger partial charge is 0.477 e. The van der Waals surface area contributed by atoms with Crippen LogP contribution in [0.4, 0.5) is 0 Å². The van der Waals surface area contributed by atoms with Crippen LogP contribution in [0.1, 0.15) is 17.4 Å². The van der Waals surface area contributed by atoms with Crippen molar-refractivity contribution in [3.8, 4) is 0 Å². The number of carboxylic acid groups (broad SMARTS) is 1. The van der Waals surface area contributed by atoms with Crippen LogP contribution >= 0.6 is 15.9 Å². The fourth-order valence-corrected chi connectivity index (χ4v) is 2.38. The summed E-state index contributed by atoms with van der Waals surface area (Å²) in [6.07, 6.45) is 0. The molecule has 78 valence electrons. The maximum atomic E-state index is 11.0. The summed E-state index contributed by atoms with van der Waals surface area (Å²) in [7, 11) is 0. The van der Waals surface area contributed by atoms with Gasteiger partial charge in [-0.05, 0) is 35.0 Å². The Morgan fingerprint density at radius 3 is 2.87 bits per heavy atom. The summed E-state index contributed by atoms with van der Waals surface area (Å²) >= 11 is 3.44. The lowest BCUT2D eigenvalue weighted by atomic mass is 10.2. The van der Waals surface area contributed by atoms with Gasteiger partial charge in [-0.1, -0.05) is 12.1 Å². The maximum absolute atomic E-state index is 11.0. The SMILES string of the molecule is CCn1c(C(=O)O)cc2cccc(Br)c21. The Bertz CT molecular complexity index is 531. The van der Waals surface area contributed by atoms with Crippen molar-refractivity contribution in [2.24, 2.45) is 0 Å². The lowest BCUT2D eigenvalue weighted by Gasteiger charge is -2.05. The summed E-state index contributed by atoms with van der Waals surface area (Å²) in [4.78, 5) is 11.0. The van der Waals surface area contributed by atoms with E-state index in [2.05, 4.69) is 15.9 Å². The Morgan fingerprint density at radius 1 is 1.53 bits per heavy atom. The highest BCUT2D eigenvalue weighted by atomic mass is 79.9. The Balaban J connectivity index is 2.86. The molecule has 0 saturated carbocycles. The molecule has 0 aliphatic carbocycles. The van der Waals surface area contributed by atoms with Crippen molar-refractivity contribution in [1.82, 2.24) is 4.57 Å². The van der Waals surface area contributed by atoms with Gasteiger partial charge < -0.3 is 9.67 Å². The van der Waals surface area contributed by atoms with Crippen LogP contribution in [0.3, 0.4) is 0 Å². The molecule has 1 N–H and O–H groups in total. The first-order valence-electron chi connectivity index (χ1n) is 4.66. The smallest absolute Gasteiger partial charge is 0.352 e. The van der Waals surface area contributed by atoms with Crippen LogP contribution < -0.4 is 0 Å². The molecule has 1 heterocycles. The minimum absolute atomic E-state index is 0.333. The number of aryl methyl sites for hydroxylation is 1. The van der Waals surface area contributed by atoms with Crippen molar-refractivity contribution >= 4 is 32.8 Å². The van der Waals surface area contributed by atoms with Crippen LogP contribution in [0.2, 0.25) is 0 Å². The van der Waals surface area contributed by atoms with E-state index in [0.29, 0.717) is 12.2 Å². The van der Waals surface area contributed by atoms with E-state index in [1.165, 1.54) is 0 Å². The number of hydrogen-bond donors (Lipinski definition) is 1. The van der Waals surface area contributed by atoms with Gasteiger partial charge in [0.2, 0.25) is 0 Å². The summed E-state index contributed by atoms with van der Waals surface area (Å²) in [6.45, 7) is 2.58. The maximum Gasteiger partial charge on any atom is 0.352 e. The molecule has 0 spiro atoms. The first-order chi connectivity index (χ1) is 7.15. The van der Waals surface area contributed by atoms with E-state index >= 15 is 0 Å². The highest BCUT2D eigenvalue weighted by Crippen LogP contribution is 2.27. The van der Waals surface area contributed by atoms with Crippen LogP contribution in [0, 0.1) is 0 Å².